The molecule has 10 nitrogen and oxygen atoms in total. The van der Waals surface area contributed by atoms with Crippen molar-refractivity contribution in [2.75, 3.05) is 5.75 Å². The number of hydrogen-bond acceptors (Lipinski definition) is 5. The van der Waals surface area contributed by atoms with Crippen LogP contribution in [0.5, 0.6) is 0 Å². The Labute approximate surface area is 260 Å². The molecule has 5 rings (SSSR count). The Balaban J connectivity index is 1.51. The third kappa shape index (κ3) is 6.29. The number of carbonyl (C=O) groups is 4. The maximum absolute atomic E-state index is 12.6. The fourth-order valence-corrected chi connectivity index (χ4v) is 7.57. The summed E-state index contributed by atoms with van der Waals surface area (Å²) in [6.07, 6.45) is 5.11. The number of hydrogen-bond donors (Lipinski definition) is 6. The summed E-state index contributed by atoms with van der Waals surface area (Å²) in [7, 11) is 0. The Morgan fingerprint density at radius 2 is 1.59 bits per heavy atom. The second-order valence-electron chi connectivity index (χ2n) is 12.1. The van der Waals surface area contributed by atoms with Gasteiger partial charge in [0.15, 0.2) is 0 Å². The molecule has 0 radical (unpaired) electrons. The predicted octanol–water partition coefficient (Wildman–Crippen LogP) is 3.97. The first kappa shape index (κ1) is 31.4. The first-order chi connectivity index (χ1) is 20.9. The lowest BCUT2D eigenvalue weighted by Crippen LogP contribution is -2.30. The van der Waals surface area contributed by atoms with Gasteiger partial charge in [0.1, 0.15) is 0 Å². The largest absolute Gasteiger partial charge is 0.481 e. The average molecular weight is 621 g/mol. The zero-order valence-electron chi connectivity index (χ0n) is 25.6. The third-order valence-electron chi connectivity index (χ3n) is 9.36. The van der Waals surface area contributed by atoms with Crippen LogP contribution in [-0.2, 0) is 44.9 Å². The van der Waals surface area contributed by atoms with E-state index in [1.54, 1.807) is 6.08 Å². The van der Waals surface area contributed by atoms with Crippen molar-refractivity contribution in [2.24, 2.45) is 11.8 Å². The summed E-state index contributed by atoms with van der Waals surface area (Å²) in [6.45, 7) is 11.6. The molecule has 11 heteroatoms. The summed E-state index contributed by atoms with van der Waals surface area (Å²) < 4.78 is 0. The molecule has 2 fully saturated rings. The Hall–Kier alpha value is -3.99. The van der Waals surface area contributed by atoms with Gasteiger partial charge in [-0.15, -0.1) is 0 Å². The van der Waals surface area contributed by atoms with Crippen molar-refractivity contribution in [3.8, 4) is 0 Å². The molecule has 4 atom stereocenters. The Morgan fingerprint density at radius 1 is 0.977 bits per heavy atom. The van der Waals surface area contributed by atoms with Gasteiger partial charge < -0.3 is 30.8 Å². The second-order valence-corrected chi connectivity index (χ2v) is 13.3. The maximum Gasteiger partial charge on any atom is 0.303 e. The summed E-state index contributed by atoms with van der Waals surface area (Å²) in [4.78, 5) is 55.2. The van der Waals surface area contributed by atoms with Crippen molar-refractivity contribution in [1.29, 1.82) is 0 Å². The van der Waals surface area contributed by atoms with Crippen LogP contribution in [0.1, 0.15) is 71.7 Å². The van der Waals surface area contributed by atoms with Gasteiger partial charge >= 0.3 is 11.9 Å². The number of carboxylic acids is 2. The van der Waals surface area contributed by atoms with E-state index >= 15 is 0 Å². The first-order valence-electron chi connectivity index (χ1n) is 15.0. The minimum Gasteiger partial charge on any atom is -0.481 e. The van der Waals surface area contributed by atoms with Gasteiger partial charge in [0.25, 0.3) is 5.91 Å². The van der Waals surface area contributed by atoms with E-state index in [-0.39, 0.29) is 42.5 Å². The number of thioether (sulfide) groups is 1. The number of allylic oxidation sites excluding steroid dienone is 1. The number of aliphatic carboxylic acids is 2. The van der Waals surface area contributed by atoms with E-state index in [4.69, 9.17) is 0 Å². The molecule has 44 heavy (non-hydrogen) atoms. The third-order valence-corrected chi connectivity index (χ3v) is 10.4. The number of nitrogens with one attached hydrogen (secondary N) is 4. The minimum absolute atomic E-state index is 0.0190. The number of aromatic nitrogens is 2. The molecule has 3 aliphatic rings. The average Bonchev–Trinajstić information content (AvgIpc) is 3.53. The number of carboxylic acid groups (broad SMARTS) is 2. The van der Waals surface area contributed by atoms with Crippen molar-refractivity contribution in [3.05, 3.63) is 74.5 Å². The number of aromatic amines is 2. The standard InChI is InChI=1S/C33H40N4O6S/c1-6-19-15(2)24(36-33(19)43)11-22-16(3)20(7-9-29(38)39)25(34-22)13-26-21(8-10-30(40)41)17(4)23(35-26)12-27-31(28-14-44-28)18(5)32(42)37-27/h6,12,18,24,28,31,34-35H,1,7-11,13-14H2,2-5H3,(H,36,43)(H,37,42)(H,38,39)(H,40,41)/b27-12-/t18-,24-,28-,31-/m1/s1. The van der Waals surface area contributed by atoms with Crippen LogP contribution in [-0.4, -0.2) is 61.0 Å². The van der Waals surface area contributed by atoms with Gasteiger partial charge in [-0.05, 0) is 67.5 Å². The molecule has 234 valence electrons. The fraction of sp³-hybridized carbons (Fsp3) is 0.455. The van der Waals surface area contributed by atoms with Gasteiger partial charge in [0.05, 0.1) is 6.04 Å². The lowest BCUT2D eigenvalue weighted by Gasteiger charge is -2.12. The Morgan fingerprint density at radius 3 is 2.16 bits per heavy atom. The molecule has 0 spiro atoms. The zero-order valence-corrected chi connectivity index (χ0v) is 26.4. The monoisotopic (exact) mass is 620 g/mol. The predicted molar refractivity (Wildman–Crippen MR) is 169 cm³/mol. The lowest BCUT2D eigenvalue weighted by atomic mass is 9.91. The molecule has 2 aromatic rings. The molecule has 0 saturated carbocycles. The van der Waals surface area contributed by atoms with Crippen molar-refractivity contribution in [3.63, 3.8) is 0 Å². The molecule has 2 saturated heterocycles. The van der Waals surface area contributed by atoms with Gasteiger partial charge in [0.2, 0.25) is 5.91 Å². The molecule has 2 amide bonds. The molecule has 0 bridgehead atoms. The summed E-state index contributed by atoms with van der Waals surface area (Å²) in [5.74, 6) is -0.871. The van der Waals surface area contributed by atoms with Gasteiger partial charge in [0, 0.05) is 82.6 Å². The SMILES string of the molecule is C=CC1=C(C)[C@@H](Cc2[nH]c(Cc3[nH]c(/C=C4\NC(=O)[C@H](C)[C@H]4[C@H]4CS4)c(C)c3CCC(=O)O)c(CCC(=O)O)c2C)NC1=O. The van der Waals surface area contributed by atoms with Crippen LogP contribution in [0, 0.1) is 25.7 Å². The van der Waals surface area contributed by atoms with Crippen LogP contribution in [0.3, 0.4) is 0 Å². The van der Waals surface area contributed by atoms with E-state index in [9.17, 15) is 29.4 Å². The highest BCUT2D eigenvalue weighted by atomic mass is 32.2. The number of carbonyl (C=O) groups excluding carboxylic acids is 2. The number of amides is 2. The van der Waals surface area contributed by atoms with E-state index in [0.717, 1.165) is 62.1 Å². The topological polar surface area (TPSA) is 164 Å². The van der Waals surface area contributed by atoms with Crippen LogP contribution in [0.25, 0.3) is 6.08 Å². The highest BCUT2D eigenvalue weighted by molar-refractivity contribution is 8.06. The molecule has 3 aliphatic heterocycles. The molecular weight excluding hydrogens is 580 g/mol. The van der Waals surface area contributed by atoms with Crippen molar-refractivity contribution in [1.82, 2.24) is 20.6 Å². The number of H-pyrrole nitrogens is 2. The van der Waals surface area contributed by atoms with Gasteiger partial charge in [-0.3, -0.25) is 19.2 Å². The summed E-state index contributed by atoms with van der Waals surface area (Å²) >= 11 is 1.85. The van der Waals surface area contributed by atoms with Gasteiger partial charge in [-0.2, -0.15) is 11.8 Å². The quantitative estimate of drug-likeness (QED) is 0.185. The van der Waals surface area contributed by atoms with E-state index in [1.165, 1.54) is 0 Å². The Kier molecular flexibility index (Phi) is 8.97. The maximum atomic E-state index is 12.6. The highest BCUT2D eigenvalue weighted by Gasteiger charge is 2.45. The summed E-state index contributed by atoms with van der Waals surface area (Å²) in [5.41, 5.74) is 9.56. The molecular formula is C33H40N4O6S. The van der Waals surface area contributed by atoms with Crippen LogP contribution in [0.4, 0.5) is 0 Å². The zero-order chi connectivity index (χ0) is 31.9. The van der Waals surface area contributed by atoms with Crippen LogP contribution in [0.15, 0.2) is 29.5 Å². The number of rotatable bonds is 13. The van der Waals surface area contributed by atoms with Gasteiger partial charge in [-0.1, -0.05) is 19.6 Å². The second kappa shape index (κ2) is 12.6. The van der Waals surface area contributed by atoms with Gasteiger partial charge in [-0.25, -0.2) is 0 Å². The molecule has 2 aromatic heterocycles. The molecule has 0 aliphatic carbocycles. The molecule has 5 heterocycles. The van der Waals surface area contributed by atoms with Crippen molar-refractivity contribution in [2.45, 2.75) is 77.5 Å². The normalized spacial score (nSPS) is 23.8. The minimum atomic E-state index is -0.890. The van der Waals surface area contributed by atoms with E-state index < -0.39 is 11.9 Å². The molecule has 0 aromatic carbocycles. The summed E-state index contributed by atoms with van der Waals surface area (Å²) in [6, 6.07) is -0.202. The lowest BCUT2D eigenvalue weighted by molar-refractivity contribution is -0.138. The Bertz CT molecular complexity index is 1610. The van der Waals surface area contributed by atoms with E-state index in [0.29, 0.717) is 36.5 Å². The van der Waals surface area contributed by atoms with Crippen LogP contribution >= 0.6 is 11.8 Å². The fourth-order valence-electron chi connectivity index (χ4n) is 6.67. The van der Waals surface area contributed by atoms with Crippen LogP contribution in [0.2, 0.25) is 0 Å². The molecule has 6 N–H and O–H groups in total. The molecule has 0 unspecified atom stereocenters. The highest BCUT2D eigenvalue weighted by Crippen LogP contribution is 2.46. The van der Waals surface area contributed by atoms with E-state index in [1.807, 2.05) is 45.5 Å². The van der Waals surface area contributed by atoms with Crippen LogP contribution < -0.4 is 10.6 Å². The van der Waals surface area contributed by atoms with Crippen molar-refractivity contribution >= 4 is 41.6 Å². The van der Waals surface area contributed by atoms with Crippen molar-refractivity contribution < 1.29 is 29.4 Å². The summed E-state index contributed by atoms with van der Waals surface area (Å²) in [5, 5.41) is 25.5. The first-order valence-corrected chi connectivity index (χ1v) is 16.1. The smallest absolute Gasteiger partial charge is 0.303 e. The van der Waals surface area contributed by atoms with E-state index in [2.05, 4.69) is 27.2 Å².